The van der Waals surface area contributed by atoms with E-state index in [-0.39, 0.29) is 12.2 Å². The molecule has 2 unspecified atom stereocenters. The number of carbonyl (C=O) groups is 1. The van der Waals surface area contributed by atoms with Crippen molar-refractivity contribution in [1.82, 2.24) is 0 Å². The maximum absolute atomic E-state index is 14.3. The third kappa shape index (κ3) is 2.66. The van der Waals surface area contributed by atoms with Crippen LogP contribution in [-0.2, 0) is 15.1 Å². The molecule has 0 fully saturated rings. The van der Waals surface area contributed by atoms with Gasteiger partial charge in [0.15, 0.2) is 0 Å². The molecular weight excluding hydrogens is 291 g/mol. The van der Waals surface area contributed by atoms with Crippen LogP contribution < -0.4 is 0 Å². The molecule has 5 heteroatoms. The monoisotopic (exact) mass is 304 g/mol. The van der Waals surface area contributed by atoms with E-state index in [4.69, 9.17) is 0 Å². The third-order valence-electron chi connectivity index (χ3n) is 2.48. The lowest BCUT2D eigenvalue weighted by molar-refractivity contribution is -0.163. The van der Waals surface area contributed by atoms with Crippen LogP contribution in [0.25, 0.3) is 0 Å². The van der Waals surface area contributed by atoms with Gasteiger partial charge in [-0.25, -0.2) is 9.18 Å². The van der Waals surface area contributed by atoms with Crippen molar-refractivity contribution in [2.45, 2.75) is 24.0 Å². The topological polar surface area (TPSA) is 46.5 Å². The molecule has 0 amide bonds. The molecule has 1 N–H and O–H groups in total. The van der Waals surface area contributed by atoms with Gasteiger partial charge in [0.05, 0.1) is 6.61 Å². The smallest absolute Gasteiger partial charge is 0.358 e. The Kier molecular flexibility index (Phi) is 4.27. The first kappa shape index (κ1) is 14.1. The lowest BCUT2D eigenvalue weighted by Crippen LogP contribution is -2.48. The Balaban J connectivity index is 3.08. The molecule has 0 heterocycles. The molecule has 0 saturated heterocycles. The minimum Gasteiger partial charge on any atom is -0.463 e. The predicted molar refractivity (Wildman–Crippen MR) is 65.4 cm³/mol. The Morgan fingerprint density at radius 2 is 2.00 bits per heavy atom. The standard InChI is InChI=1S/C12H14BrFO3/c1-3-17-10(15)12(13,14)11(2,16)9-7-5-4-6-8-9/h4-8,16H,3H2,1-2H3. The molecule has 0 aliphatic carbocycles. The number of esters is 1. The lowest BCUT2D eigenvalue weighted by atomic mass is 9.91. The van der Waals surface area contributed by atoms with Gasteiger partial charge in [-0.1, -0.05) is 30.3 Å². The zero-order chi connectivity index (χ0) is 13.1. The Morgan fingerprint density at radius 3 is 2.47 bits per heavy atom. The highest BCUT2D eigenvalue weighted by atomic mass is 79.9. The van der Waals surface area contributed by atoms with Crippen molar-refractivity contribution in [3.63, 3.8) is 0 Å². The van der Waals surface area contributed by atoms with Crippen LogP contribution in [0.4, 0.5) is 4.39 Å². The second kappa shape index (κ2) is 5.14. The fourth-order valence-corrected chi connectivity index (χ4v) is 1.71. The average molecular weight is 305 g/mol. The first-order chi connectivity index (χ1) is 7.84. The van der Waals surface area contributed by atoms with Crippen molar-refractivity contribution < 1.29 is 19.0 Å². The summed E-state index contributed by atoms with van der Waals surface area (Å²) in [5.41, 5.74) is -1.73. The van der Waals surface area contributed by atoms with Crippen LogP contribution in [0.15, 0.2) is 30.3 Å². The number of carbonyl (C=O) groups excluding carboxylic acids is 1. The van der Waals surface area contributed by atoms with E-state index < -0.39 is 16.1 Å². The summed E-state index contributed by atoms with van der Waals surface area (Å²) in [6.45, 7) is 2.83. The van der Waals surface area contributed by atoms with E-state index in [0.717, 1.165) is 0 Å². The highest BCUT2D eigenvalue weighted by molar-refractivity contribution is 9.10. The average Bonchev–Trinajstić information content (AvgIpc) is 2.30. The van der Waals surface area contributed by atoms with Crippen molar-refractivity contribution >= 4 is 21.9 Å². The van der Waals surface area contributed by atoms with Crippen LogP contribution in [-0.4, -0.2) is 22.3 Å². The van der Waals surface area contributed by atoms with E-state index in [1.165, 1.54) is 19.1 Å². The number of aliphatic hydroxyl groups is 1. The molecule has 3 nitrogen and oxygen atoms in total. The number of hydrogen-bond acceptors (Lipinski definition) is 3. The SMILES string of the molecule is CCOC(=O)C(F)(Br)C(C)(O)c1ccccc1. The quantitative estimate of drug-likeness (QED) is 0.687. The third-order valence-corrected chi connectivity index (χ3v) is 3.57. The van der Waals surface area contributed by atoms with Crippen molar-refractivity contribution in [3.05, 3.63) is 35.9 Å². The predicted octanol–water partition coefficient (Wildman–Crippen LogP) is 2.52. The maximum atomic E-state index is 14.3. The molecule has 0 aliphatic heterocycles. The molecule has 17 heavy (non-hydrogen) atoms. The molecule has 0 bridgehead atoms. The Morgan fingerprint density at radius 1 is 1.47 bits per heavy atom. The van der Waals surface area contributed by atoms with Crippen molar-refractivity contribution in [3.8, 4) is 0 Å². The summed E-state index contributed by atoms with van der Waals surface area (Å²) >= 11 is 2.62. The van der Waals surface area contributed by atoms with Gasteiger partial charge < -0.3 is 9.84 Å². The fraction of sp³-hybridized carbons (Fsp3) is 0.417. The highest BCUT2D eigenvalue weighted by Gasteiger charge is 2.54. The van der Waals surface area contributed by atoms with E-state index in [9.17, 15) is 14.3 Å². The molecule has 94 valence electrons. The molecule has 1 aromatic rings. The second-order valence-corrected chi connectivity index (χ2v) is 4.83. The Hall–Kier alpha value is -0.940. The van der Waals surface area contributed by atoms with E-state index >= 15 is 0 Å². The van der Waals surface area contributed by atoms with Gasteiger partial charge in [0, 0.05) is 0 Å². The zero-order valence-corrected chi connectivity index (χ0v) is 11.2. The maximum Gasteiger partial charge on any atom is 0.358 e. The number of halogens is 2. The van der Waals surface area contributed by atoms with Gasteiger partial charge in [-0.15, -0.1) is 0 Å². The molecule has 0 aromatic heterocycles. The first-order valence-electron chi connectivity index (χ1n) is 5.17. The van der Waals surface area contributed by atoms with Gasteiger partial charge in [-0.2, -0.15) is 0 Å². The van der Waals surface area contributed by atoms with Gasteiger partial charge in [0.25, 0.3) is 4.58 Å². The molecule has 0 aliphatic rings. The molecule has 0 saturated carbocycles. The number of alkyl halides is 2. The minimum absolute atomic E-state index is 0.0426. The van der Waals surface area contributed by atoms with Gasteiger partial charge in [-0.05, 0) is 35.3 Å². The number of benzene rings is 1. The van der Waals surface area contributed by atoms with Crippen LogP contribution in [0.3, 0.4) is 0 Å². The molecule has 0 radical (unpaired) electrons. The van der Waals surface area contributed by atoms with Crippen molar-refractivity contribution in [2.75, 3.05) is 6.61 Å². The summed E-state index contributed by atoms with van der Waals surface area (Å²) in [4.78, 5) is 11.5. The summed E-state index contributed by atoms with van der Waals surface area (Å²) < 4.78 is 16.2. The Labute approximate surface area is 108 Å². The van der Waals surface area contributed by atoms with Crippen LogP contribution in [0.2, 0.25) is 0 Å². The van der Waals surface area contributed by atoms with E-state index in [1.807, 2.05) is 0 Å². The molecule has 1 aromatic carbocycles. The summed E-state index contributed by atoms with van der Waals surface area (Å²) in [6.07, 6.45) is 0. The normalized spacial score (nSPS) is 17.9. The van der Waals surface area contributed by atoms with E-state index in [0.29, 0.717) is 0 Å². The van der Waals surface area contributed by atoms with Crippen LogP contribution in [0, 0.1) is 0 Å². The highest BCUT2D eigenvalue weighted by Crippen LogP contribution is 2.41. The summed E-state index contributed by atoms with van der Waals surface area (Å²) in [7, 11) is 0. The summed E-state index contributed by atoms with van der Waals surface area (Å²) in [5.74, 6) is -1.14. The largest absolute Gasteiger partial charge is 0.463 e. The van der Waals surface area contributed by atoms with Gasteiger partial charge >= 0.3 is 5.97 Å². The molecule has 0 spiro atoms. The zero-order valence-electron chi connectivity index (χ0n) is 9.61. The Bertz CT molecular complexity index is 390. The van der Waals surface area contributed by atoms with Crippen molar-refractivity contribution in [2.24, 2.45) is 0 Å². The van der Waals surface area contributed by atoms with Gasteiger partial charge in [0.2, 0.25) is 0 Å². The second-order valence-electron chi connectivity index (χ2n) is 3.73. The first-order valence-corrected chi connectivity index (χ1v) is 5.96. The fourth-order valence-electron chi connectivity index (χ4n) is 1.36. The molecule has 1 rings (SSSR count). The summed E-state index contributed by atoms with van der Waals surface area (Å²) in [6, 6.07) is 8.11. The number of rotatable bonds is 4. The van der Waals surface area contributed by atoms with Crippen LogP contribution >= 0.6 is 15.9 Å². The van der Waals surface area contributed by atoms with E-state index in [2.05, 4.69) is 20.7 Å². The van der Waals surface area contributed by atoms with Gasteiger partial charge in [0.1, 0.15) is 5.60 Å². The van der Waals surface area contributed by atoms with Crippen molar-refractivity contribution in [1.29, 1.82) is 0 Å². The van der Waals surface area contributed by atoms with Crippen LogP contribution in [0.1, 0.15) is 19.4 Å². The van der Waals surface area contributed by atoms with Gasteiger partial charge in [-0.3, -0.25) is 0 Å². The molecular formula is C12H14BrFO3. The number of ether oxygens (including phenoxy) is 1. The summed E-state index contributed by atoms with van der Waals surface area (Å²) in [5, 5.41) is 10.2. The van der Waals surface area contributed by atoms with Crippen LogP contribution in [0.5, 0.6) is 0 Å². The number of hydrogen-bond donors (Lipinski definition) is 1. The molecule has 2 atom stereocenters. The van der Waals surface area contributed by atoms with E-state index in [1.54, 1.807) is 25.1 Å². The lowest BCUT2D eigenvalue weighted by Gasteiger charge is -2.32. The minimum atomic E-state index is -2.68.